The number of carbonyl (C=O) groups excluding carboxylic acids is 2. The first-order valence-corrected chi connectivity index (χ1v) is 6.64. The fourth-order valence-corrected chi connectivity index (χ4v) is 2.14. The van der Waals surface area contributed by atoms with Gasteiger partial charge in [-0.25, -0.2) is 4.39 Å². The largest absolute Gasteiger partial charge is 0.383 e. The van der Waals surface area contributed by atoms with E-state index in [0.29, 0.717) is 6.42 Å². The van der Waals surface area contributed by atoms with E-state index in [-0.39, 0.29) is 18.5 Å². The summed E-state index contributed by atoms with van der Waals surface area (Å²) in [5, 5.41) is 13.8. The van der Waals surface area contributed by atoms with Gasteiger partial charge < -0.3 is 15.7 Å². The van der Waals surface area contributed by atoms with Gasteiger partial charge in [-0.2, -0.15) is 8.78 Å². The Morgan fingerprint density at radius 2 is 1.91 bits per heavy atom. The van der Waals surface area contributed by atoms with E-state index in [1.54, 1.807) is 5.32 Å². The number of amides is 2. The maximum absolute atomic E-state index is 13.9. The second-order valence-electron chi connectivity index (χ2n) is 5.29. The van der Waals surface area contributed by atoms with E-state index in [1.165, 1.54) is 13.0 Å². The summed E-state index contributed by atoms with van der Waals surface area (Å²) in [5.41, 5.74) is -2.74. The highest BCUT2D eigenvalue weighted by atomic mass is 19.3. The number of rotatable bonds is 4. The van der Waals surface area contributed by atoms with Gasteiger partial charge in [-0.05, 0) is 37.5 Å². The zero-order valence-electron chi connectivity index (χ0n) is 11.8. The average Bonchev–Trinajstić information content (AvgIpc) is 2.38. The van der Waals surface area contributed by atoms with Crippen LogP contribution in [0.2, 0.25) is 0 Å². The lowest BCUT2D eigenvalue weighted by Crippen LogP contribution is -2.59. The normalized spacial score (nSPS) is 16.6. The van der Waals surface area contributed by atoms with E-state index in [9.17, 15) is 27.9 Å². The maximum Gasteiger partial charge on any atom is 0.352 e. The van der Waals surface area contributed by atoms with Crippen molar-refractivity contribution in [2.75, 3.05) is 10.6 Å². The molecule has 5 nitrogen and oxygen atoms in total. The Balaban J connectivity index is 2.19. The molecule has 0 spiro atoms. The van der Waals surface area contributed by atoms with Crippen molar-refractivity contribution in [3.8, 4) is 0 Å². The molecule has 1 saturated carbocycles. The standard InChI is InChI=1S/C14H15F3N2O3/c1-8(20)18-9-3-4-10(15)11(7-9)19-12(21)14(16,17)13(22)5-2-6-13/h3-4,7,22H,2,5-6H2,1H3,(H,18,20)(H,19,21). The van der Waals surface area contributed by atoms with Crippen LogP contribution >= 0.6 is 0 Å². The lowest BCUT2D eigenvalue weighted by Gasteiger charge is -2.41. The molecule has 1 aromatic rings. The molecule has 2 rings (SSSR count). The quantitative estimate of drug-likeness (QED) is 0.797. The molecule has 1 aliphatic rings. The molecular formula is C14H15F3N2O3. The van der Waals surface area contributed by atoms with Crippen LogP contribution in [0.5, 0.6) is 0 Å². The molecule has 3 N–H and O–H groups in total. The zero-order chi connectivity index (χ0) is 16.5. The van der Waals surface area contributed by atoms with Crippen molar-refractivity contribution >= 4 is 23.2 Å². The molecule has 2 amide bonds. The summed E-state index contributed by atoms with van der Waals surface area (Å²) in [6.45, 7) is 1.22. The van der Waals surface area contributed by atoms with Gasteiger partial charge >= 0.3 is 5.92 Å². The first kappa shape index (κ1) is 16.3. The second kappa shape index (κ2) is 5.60. The first-order chi connectivity index (χ1) is 10.2. The fourth-order valence-electron chi connectivity index (χ4n) is 2.14. The molecule has 0 saturated heterocycles. The zero-order valence-corrected chi connectivity index (χ0v) is 11.8. The molecule has 0 bridgehead atoms. The van der Waals surface area contributed by atoms with Crippen molar-refractivity contribution in [1.29, 1.82) is 0 Å². The number of benzene rings is 1. The van der Waals surface area contributed by atoms with Crippen LogP contribution in [0, 0.1) is 5.82 Å². The summed E-state index contributed by atoms with van der Waals surface area (Å²) in [7, 11) is 0. The van der Waals surface area contributed by atoms with E-state index in [4.69, 9.17) is 0 Å². The van der Waals surface area contributed by atoms with Gasteiger partial charge in [-0.15, -0.1) is 0 Å². The average molecular weight is 316 g/mol. The molecule has 120 valence electrons. The number of hydrogen-bond acceptors (Lipinski definition) is 3. The van der Waals surface area contributed by atoms with Crippen LogP contribution in [0.25, 0.3) is 0 Å². The lowest BCUT2D eigenvalue weighted by atomic mass is 9.75. The third-order valence-corrected chi connectivity index (χ3v) is 3.59. The van der Waals surface area contributed by atoms with Crippen LogP contribution < -0.4 is 10.6 Å². The number of carbonyl (C=O) groups is 2. The fraction of sp³-hybridized carbons (Fsp3) is 0.429. The third-order valence-electron chi connectivity index (χ3n) is 3.59. The molecule has 22 heavy (non-hydrogen) atoms. The summed E-state index contributed by atoms with van der Waals surface area (Å²) in [6, 6.07) is 3.18. The minimum atomic E-state index is -4.03. The molecule has 0 radical (unpaired) electrons. The van der Waals surface area contributed by atoms with E-state index < -0.39 is 34.8 Å². The molecule has 8 heteroatoms. The highest BCUT2D eigenvalue weighted by molar-refractivity contribution is 5.98. The minimum absolute atomic E-state index is 0.148. The Labute approximate surface area is 124 Å². The van der Waals surface area contributed by atoms with Gasteiger partial charge in [0.15, 0.2) is 0 Å². The number of nitrogens with one attached hydrogen (secondary N) is 2. The van der Waals surface area contributed by atoms with Gasteiger partial charge in [-0.1, -0.05) is 0 Å². The van der Waals surface area contributed by atoms with Crippen molar-refractivity contribution in [2.24, 2.45) is 0 Å². The third kappa shape index (κ3) is 2.92. The highest BCUT2D eigenvalue weighted by Gasteiger charge is 2.61. The van der Waals surface area contributed by atoms with Gasteiger partial charge in [0.25, 0.3) is 5.91 Å². The number of hydrogen-bond donors (Lipinski definition) is 3. The summed E-state index contributed by atoms with van der Waals surface area (Å²) < 4.78 is 41.5. The van der Waals surface area contributed by atoms with Crippen LogP contribution in [0.1, 0.15) is 26.2 Å². The maximum atomic E-state index is 13.9. The van der Waals surface area contributed by atoms with Crippen LogP contribution in [0.4, 0.5) is 24.5 Å². The molecule has 0 aromatic heterocycles. The number of alkyl halides is 2. The van der Waals surface area contributed by atoms with Crippen LogP contribution in [0.15, 0.2) is 18.2 Å². The van der Waals surface area contributed by atoms with Crippen LogP contribution in [0.3, 0.4) is 0 Å². The predicted octanol–water partition coefficient (Wildman–Crippen LogP) is 2.27. The number of halogens is 3. The van der Waals surface area contributed by atoms with Crippen LogP contribution in [-0.2, 0) is 9.59 Å². The lowest BCUT2D eigenvalue weighted by molar-refractivity contribution is -0.212. The second-order valence-corrected chi connectivity index (χ2v) is 5.29. The van der Waals surface area contributed by atoms with Crippen molar-refractivity contribution in [3.05, 3.63) is 24.0 Å². The smallest absolute Gasteiger partial charge is 0.352 e. The Kier molecular flexibility index (Phi) is 4.15. The van der Waals surface area contributed by atoms with Gasteiger partial charge in [0.1, 0.15) is 11.4 Å². The Bertz CT molecular complexity index is 615. The van der Waals surface area contributed by atoms with Crippen LogP contribution in [-0.4, -0.2) is 28.4 Å². The first-order valence-electron chi connectivity index (χ1n) is 6.64. The number of anilines is 2. The summed E-state index contributed by atoms with van der Waals surface area (Å²) in [5.74, 6) is -7.17. The topological polar surface area (TPSA) is 78.4 Å². The van der Waals surface area contributed by atoms with E-state index >= 15 is 0 Å². The Morgan fingerprint density at radius 3 is 2.41 bits per heavy atom. The molecule has 1 aliphatic carbocycles. The summed E-state index contributed by atoms with van der Waals surface area (Å²) >= 11 is 0. The van der Waals surface area contributed by atoms with Crippen molar-refractivity contribution in [3.63, 3.8) is 0 Å². The highest BCUT2D eigenvalue weighted by Crippen LogP contribution is 2.44. The Morgan fingerprint density at radius 1 is 1.27 bits per heavy atom. The molecule has 0 heterocycles. The number of aliphatic hydroxyl groups is 1. The SMILES string of the molecule is CC(=O)Nc1ccc(F)c(NC(=O)C(F)(F)C2(O)CCC2)c1. The van der Waals surface area contributed by atoms with Gasteiger partial charge in [0.05, 0.1) is 5.69 Å². The molecule has 0 aliphatic heterocycles. The van der Waals surface area contributed by atoms with E-state index in [2.05, 4.69) is 5.32 Å². The van der Waals surface area contributed by atoms with E-state index in [0.717, 1.165) is 12.1 Å². The monoisotopic (exact) mass is 316 g/mol. The van der Waals surface area contributed by atoms with Gasteiger partial charge in [-0.3, -0.25) is 9.59 Å². The Hall–Kier alpha value is -2.09. The van der Waals surface area contributed by atoms with Gasteiger partial charge in [0.2, 0.25) is 5.91 Å². The van der Waals surface area contributed by atoms with E-state index in [1.807, 2.05) is 0 Å². The minimum Gasteiger partial charge on any atom is -0.383 e. The van der Waals surface area contributed by atoms with Crippen molar-refractivity contribution in [2.45, 2.75) is 37.7 Å². The predicted molar refractivity (Wildman–Crippen MR) is 73.1 cm³/mol. The summed E-state index contributed by atoms with van der Waals surface area (Å²) in [6.07, 6.45) is 0.00934. The molecule has 0 unspecified atom stereocenters. The van der Waals surface area contributed by atoms with Crippen molar-refractivity contribution in [1.82, 2.24) is 0 Å². The molecular weight excluding hydrogens is 301 g/mol. The van der Waals surface area contributed by atoms with Gasteiger partial charge in [0, 0.05) is 12.6 Å². The van der Waals surface area contributed by atoms with Crippen molar-refractivity contribution < 1.29 is 27.9 Å². The molecule has 1 fully saturated rings. The summed E-state index contributed by atoms with van der Waals surface area (Å²) in [4.78, 5) is 22.6. The molecule has 1 aromatic carbocycles. The molecule has 0 atom stereocenters.